The summed E-state index contributed by atoms with van der Waals surface area (Å²) in [6.07, 6.45) is 3.45. The SMILES string of the molecule is Cc1cc(F)cc(C(=O)c2ncn(-c3cc(C(=O)NC4CC4)ccc3C)c2N)c1. The zero-order valence-corrected chi connectivity index (χ0v) is 16.2. The Morgan fingerprint density at radius 1 is 1.14 bits per heavy atom. The third-order valence-electron chi connectivity index (χ3n) is 4.97. The van der Waals surface area contributed by atoms with Crippen molar-refractivity contribution >= 4 is 17.5 Å². The van der Waals surface area contributed by atoms with E-state index in [0.717, 1.165) is 18.4 Å². The Balaban J connectivity index is 1.69. The highest BCUT2D eigenvalue weighted by molar-refractivity contribution is 6.10. The van der Waals surface area contributed by atoms with Gasteiger partial charge in [0.15, 0.2) is 5.69 Å². The minimum atomic E-state index is -0.489. The van der Waals surface area contributed by atoms with E-state index in [4.69, 9.17) is 5.73 Å². The molecule has 1 saturated carbocycles. The van der Waals surface area contributed by atoms with Gasteiger partial charge in [-0.15, -0.1) is 0 Å². The number of anilines is 1. The Morgan fingerprint density at radius 3 is 2.59 bits per heavy atom. The van der Waals surface area contributed by atoms with E-state index in [1.807, 2.05) is 13.0 Å². The molecule has 3 N–H and O–H groups in total. The van der Waals surface area contributed by atoms with E-state index < -0.39 is 11.6 Å². The number of halogens is 1. The summed E-state index contributed by atoms with van der Waals surface area (Å²) in [7, 11) is 0. The summed E-state index contributed by atoms with van der Waals surface area (Å²) in [6.45, 7) is 3.60. The summed E-state index contributed by atoms with van der Waals surface area (Å²) in [6, 6.07) is 9.68. The second-order valence-corrected chi connectivity index (χ2v) is 7.44. The van der Waals surface area contributed by atoms with Crippen LogP contribution < -0.4 is 11.1 Å². The number of nitrogens with one attached hydrogen (secondary N) is 1. The summed E-state index contributed by atoms with van der Waals surface area (Å²) in [5.41, 5.74) is 9.14. The quantitative estimate of drug-likeness (QED) is 0.652. The molecule has 1 aromatic heterocycles. The average molecular weight is 392 g/mol. The third-order valence-corrected chi connectivity index (χ3v) is 4.97. The zero-order chi connectivity index (χ0) is 20.7. The molecule has 3 aromatic rings. The Kier molecular flexibility index (Phi) is 4.66. The number of carbonyl (C=O) groups is 2. The van der Waals surface area contributed by atoms with Gasteiger partial charge in [0.05, 0.1) is 5.69 Å². The van der Waals surface area contributed by atoms with Gasteiger partial charge in [0, 0.05) is 17.2 Å². The van der Waals surface area contributed by atoms with Crippen LogP contribution in [0.15, 0.2) is 42.7 Å². The number of nitrogens with two attached hydrogens (primary N) is 1. The number of benzene rings is 2. The van der Waals surface area contributed by atoms with Gasteiger partial charge in [0.25, 0.3) is 5.91 Å². The Morgan fingerprint density at radius 2 is 1.90 bits per heavy atom. The van der Waals surface area contributed by atoms with Gasteiger partial charge in [-0.05, 0) is 68.1 Å². The number of imidazole rings is 1. The van der Waals surface area contributed by atoms with Gasteiger partial charge in [-0.2, -0.15) is 0 Å². The van der Waals surface area contributed by atoms with Gasteiger partial charge in [0.1, 0.15) is 18.0 Å². The van der Waals surface area contributed by atoms with Crippen molar-refractivity contribution in [2.45, 2.75) is 32.7 Å². The number of amides is 1. The molecule has 0 atom stereocenters. The molecule has 148 valence electrons. The maximum atomic E-state index is 13.7. The maximum absolute atomic E-state index is 13.7. The summed E-state index contributed by atoms with van der Waals surface area (Å²) in [4.78, 5) is 29.4. The molecule has 1 aliphatic carbocycles. The molecule has 29 heavy (non-hydrogen) atoms. The number of nitrogens with zero attached hydrogens (tertiary/aromatic N) is 2. The molecule has 6 nitrogen and oxygen atoms in total. The highest BCUT2D eigenvalue weighted by Crippen LogP contribution is 2.25. The second kappa shape index (κ2) is 7.16. The molecule has 1 fully saturated rings. The molecular formula is C22H21FN4O2. The zero-order valence-electron chi connectivity index (χ0n) is 16.2. The number of hydrogen-bond donors (Lipinski definition) is 2. The maximum Gasteiger partial charge on any atom is 0.251 e. The average Bonchev–Trinajstić information content (AvgIpc) is 3.40. The largest absolute Gasteiger partial charge is 0.383 e. The number of rotatable bonds is 5. The fourth-order valence-corrected chi connectivity index (χ4v) is 3.24. The monoisotopic (exact) mass is 392 g/mol. The van der Waals surface area contributed by atoms with E-state index in [1.54, 1.807) is 29.7 Å². The molecule has 0 spiro atoms. The number of carbonyl (C=O) groups excluding carboxylic acids is 2. The van der Waals surface area contributed by atoms with Crippen LogP contribution in [-0.2, 0) is 0 Å². The lowest BCUT2D eigenvalue weighted by atomic mass is 10.1. The van der Waals surface area contributed by atoms with Crippen molar-refractivity contribution in [3.63, 3.8) is 0 Å². The van der Waals surface area contributed by atoms with Crippen LogP contribution in [0, 0.1) is 19.7 Å². The van der Waals surface area contributed by atoms with Crippen LogP contribution in [0.25, 0.3) is 5.69 Å². The van der Waals surface area contributed by atoms with Crippen LogP contribution in [0.1, 0.15) is 50.4 Å². The summed E-state index contributed by atoms with van der Waals surface area (Å²) < 4.78 is 15.3. The Labute approximate surface area is 167 Å². The Bertz CT molecular complexity index is 1110. The first-order valence-electron chi connectivity index (χ1n) is 9.40. The highest BCUT2D eigenvalue weighted by atomic mass is 19.1. The van der Waals surface area contributed by atoms with Crippen molar-refractivity contribution < 1.29 is 14.0 Å². The van der Waals surface area contributed by atoms with Crippen molar-refractivity contribution in [1.82, 2.24) is 14.9 Å². The van der Waals surface area contributed by atoms with Gasteiger partial charge in [-0.1, -0.05) is 6.07 Å². The van der Waals surface area contributed by atoms with E-state index in [-0.39, 0.29) is 29.0 Å². The smallest absolute Gasteiger partial charge is 0.251 e. The van der Waals surface area contributed by atoms with Gasteiger partial charge in [-0.25, -0.2) is 9.37 Å². The summed E-state index contributed by atoms with van der Waals surface area (Å²) >= 11 is 0. The first-order chi connectivity index (χ1) is 13.8. The highest BCUT2D eigenvalue weighted by Gasteiger charge is 2.24. The van der Waals surface area contributed by atoms with Crippen LogP contribution in [-0.4, -0.2) is 27.3 Å². The van der Waals surface area contributed by atoms with E-state index in [1.165, 1.54) is 18.5 Å². The minimum absolute atomic E-state index is 0.0437. The molecule has 7 heteroatoms. The first-order valence-corrected chi connectivity index (χ1v) is 9.40. The number of hydrogen-bond acceptors (Lipinski definition) is 4. The van der Waals surface area contributed by atoms with Gasteiger partial charge >= 0.3 is 0 Å². The molecule has 1 heterocycles. The third kappa shape index (κ3) is 3.76. The summed E-state index contributed by atoms with van der Waals surface area (Å²) in [5.74, 6) is -0.945. The van der Waals surface area contributed by atoms with Crippen molar-refractivity contribution in [3.8, 4) is 5.69 Å². The van der Waals surface area contributed by atoms with E-state index >= 15 is 0 Å². The lowest BCUT2D eigenvalue weighted by Crippen LogP contribution is -2.25. The van der Waals surface area contributed by atoms with Crippen LogP contribution in [0.3, 0.4) is 0 Å². The second-order valence-electron chi connectivity index (χ2n) is 7.44. The lowest BCUT2D eigenvalue weighted by Gasteiger charge is -2.12. The Hall–Kier alpha value is -3.48. The molecule has 0 bridgehead atoms. The minimum Gasteiger partial charge on any atom is -0.383 e. The molecule has 0 radical (unpaired) electrons. The standard InChI is InChI=1S/C22H21FN4O2/c1-12-7-15(9-16(23)8-12)20(28)19-21(24)27(11-25-19)18-10-14(4-3-13(18)2)22(29)26-17-5-6-17/h3-4,7-11,17H,5-6,24H2,1-2H3,(H,26,29). The van der Waals surface area contributed by atoms with E-state index in [0.29, 0.717) is 16.8 Å². The first kappa shape index (κ1) is 18.9. The van der Waals surface area contributed by atoms with Crippen molar-refractivity contribution in [2.24, 2.45) is 0 Å². The van der Waals surface area contributed by atoms with Gasteiger partial charge in [0.2, 0.25) is 5.78 Å². The fraction of sp³-hybridized carbons (Fsp3) is 0.227. The molecular weight excluding hydrogens is 371 g/mol. The molecule has 0 unspecified atom stereocenters. The van der Waals surface area contributed by atoms with E-state index in [9.17, 15) is 14.0 Å². The molecule has 2 aromatic carbocycles. The summed E-state index contributed by atoms with van der Waals surface area (Å²) in [5, 5.41) is 2.95. The van der Waals surface area contributed by atoms with Crippen LogP contribution in [0.5, 0.6) is 0 Å². The van der Waals surface area contributed by atoms with Gasteiger partial charge < -0.3 is 11.1 Å². The number of aromatic nitrogens is 2. The van der Waals surface area contributed by atoms with E-state index in [2.05, 4.69) is 10.3 Å². The molecule has 1 aliphatic rings. The number of ketones is 1. The normalized spacial score (nSPS) is 13.3. The van der Waals surface area contributed by atoms with Crippen LogP contribution >= 0.6 is 0 Å². The molecule has 0 aliphatic heterocycles. The van der Waals surface area contributed by atoms with Gasteiger partial charge in [-0.3, -0.25) is 14.2 Å². The topological polar surface area (TPSA) is 90.0 Å². The number of nitrogen functional groups attached to an aromatic ring is 1. The van der Waals surface area contributed by atoms with Crippen molar-refractivity contribution in [2.75, 3.05) is 5.73 Å². The lowest BCUT2D eigenvalue weighted by molar-refractivity contribution is 0.0950. The molecule has 1 amide bonds. The van der Waals surface area contributed by atoms with Crippen molar-refractivity contribution in [3.05, 3.63) is 76.5 Å². The number of aryl methyl sites for hydroxylation is 2. The van der Waals surface area contributed by atoms with Crippen LogP contribution in [0.4, 0.5) is 10.2 Å². The van der Waals surface area contributed by atoms with Crippen LogP contribution in [0.2, 0.25) is 0 Å². The molecule has 0 saturated heterocycles. The van der Waals surface area contributed by atoms with Crippen molar-refractivity contribution in [1.29, 1.82) is 0 Å². The molecule has 4 rings (SSSR count). The fourth-order valence-electron chi connectivity index (χ4n) is 3.24. The predicted octanol–water partition coefficient (Wildman–Crippen LogP) is 3.33. The predicted molar refractivity (Wildman–Crippen MR) is 108 cm³/mol.